The maximum Gasteiger partial charge on any atom is 0.350 e. The normalized spacial score (nSPS) is 13.7. The summed E-state index contributed by atoms with van der Waals surface area (Å²) < 4.78 is 10.7. The summed E-state index contributed by atoms with van der Waals surface area (Å²) in [4.78, 5) is 47.7. The molecule has 0 bridgehead atoms. The van der Waals surface area contributed by atoms with Crippen LogP contribution in [0.4, 0.5) is 5.13 Å². The average Bonchev–Trinajstić information content (AvgIpc) is 3.20. The minimum atomic E-state index is -1.01. The summed E-state index contributed by atoms with van der Waals surface area (Å²) in [5.74, 6) is -1.50. The molecular formula is C25H27N3O5S. The number of para-hydroxylation sites is 1. The fourth-order valence-electron chi connectivity index (χ4n) is 4.14. The van der Waals surface area contributed by atoms with Crippen molar-refractivity contribution >= 4 is 45.2 Å². The second-order valence-electron chi connectivity index (χ2n) is 8.08. The summed E-state index contributed by atoms with van der Waals surface area (Å²) in [6.07, 6.45) is 2.89. The molecule has 0 aliphatic heterocycles. The number of carbonyl (C=O) groups excluding carboxylic acids is 3. The van der Waals surface area contributed by atoms with Crippen molar-refractivity contribution in [3.63, 3.8) is 0 Å². The zero-order valence-corrected chi connectivity index (χ0v) is 20.3. The number of thiazole rings is 1. The van der Waals surface area contributed by atoms with E-state index in [0.717, 1.165) is 59.2 Å². The number of aromatic nitrogens is 2. The predicted octanol–water partition coefficient (Wildman–Crippen LogP) is 4.63. The molecule has 0 saturated carbocycles. The number of nitrogens with zero attached hydrogens (tertiary/aromatic N) is 2. The Balaban J connectivity index is 1.56. The van der Waals surface area contributed by atoms with E-state index in [1.807, 2.05) is 24.3 Å². The van der Waals surface area contributed by atoms with Crippen LogP contribution in [0.2, 0.25) is 0 Å². The van der Waals surface area contributed by atoms with Crippen molar-refractivity contribution in [1.82, 2.24) is 9.97 Å². The lowest BCUT2D eigenvalue weighted by Gasteiger charge is -2.21. The van der Waals surface area contributed by atoms with Gasteiger partial charge in [-0.05, 0) is 57.6 Å². The number of fused-ring (bicyclic) bond motifs is 2. The second-order valence-corrected chi connectivity index (χ2v) is 9.08. The highest BCUT2D eigenvalue weighted by Gasteiger charge is 2.28. The predicted molar refractivity (Wildman–Crippen MR) is 129 cm³/mol. The van der Waals surface area contributed by atoms with Gasteiger partial charge in [-0.25, -0.2) is 14.6 Å². The molecule has 4 rings (SSSR count). The molecule has 34 heavy (non-hydrogen) atoms. The fourth-order valence-corrected chi connectivity index (χ4v) is 5.00. The highest BCUT2D eigenvalue weighted by atomic mass is 32.1. The number of pyridine rings is 1. The Morgan fingerprint density at radius 1 is 1.09 bits per heavy atom. The van der Waals surface area contributed by atoms with Gasteiger partial charge in [-0.3, -0.25) is 15.1 Å². The molecule has 0 radical (unpaired) electrons. The number of carbonyl (C=O) groups is 3. The van der Waals surface area contributed by atoms with Gasteiger partial charge in [-0.15, -0.1) is 0 Å². The van der Waals surface area contributed by atoms with E-state index < -0.39 is 23.9 Å². The Labute approximate surface area is 201 Å². The van der Waals surface area contributed by atoms with Crippen molar-refractivity contribution in [1.29, 1.82) is 0 Å². The molecule has 1 amide bonds. The van der Waals surface area contributed by atoms with Crippen molar-refractivity contribution in [2.24, 2.45) is 0 Å². The molecule has 9 heteroatoms. The van der Waals surface area contributed by atoms with Gasteiger partial charge in [0.1, 0.15) is 4.88 Å². The van der Waals surface area contributed by atoms with E-state index in [1.54, 1.807) is 20.8 Å². The molecule has 2 heterocycles. The van der Waals surface area contributed by atoms with Gasteiger partial charge >= 0.3 is 11.9 Å². The highest BCUT2D eigenvalue weighted by Crippen LogP contribution is 2.30. The standard InChI is InChI=1S/C25H27N3O5S/c1-4-19(22(29)28-25-26-14(3)21(34-25)24(31)32-5-2)33-23(30)20-15-10-6-8-12-17(15)27-18-13-9-7-11-16(18)20/h6,8,10,12,19H,4-5,7,9,11,13H2,1-3H3,(H,26,28,29)/t19-/m1/s1. The molecule has 1 atom stereocenters. The monoisotopic (exact) mass is 481 g/mol. The zero-order valence-electron chi connectivity index (χ0n) is 19.5. The summed E-state index contributed by atoms with van der Waals surface area (Å²) >= 11 is 1.03. The Kier molecular flexibility index (Phi) is 7.21. The lowest BCUT2D eigenvalue weighted by Crippen LogP contribution is -2.32. The number of rotatable bonds is 7. The lowest BCUT2D eigenvalue weighted by atomic mass is 9.90. The van der Waals surface area contributed by atoms with Crippen LogP contribution in [0.5, 0.6) is 0 Å². The molecule has 178 valence electrons. The van der Waals surface area contributed by atoms with Crippen LogP contribution in [0.3, 0.4) is 0 Å². The van der Waals surface area contributed by atoms with Gasteiger partial charge < -0.3 is 9.47 Å². The van der Waals surface area contributed by atoms with Crippen LogP contribution in [0.15, 0.2) is 24.3 Å². The number of nitrogens with one attached hydrogen (secondary N) is 1. The number of amides is 1. The van der Waals surface area contributed by atoms with Crippen LogP contribution in [-0.4, -0.2) is 40.5 Å². The number of esters is 2. The number of hydrogen-bond donors (Lipinski definition) is 1. The van der Waals surface area contributed by atoms with Crippen LogP contribution in [0.25, 0.3) is 10.9 Å². The summed E-state index contributed by atoms with van der Waals surface area (Å²) in [6, 6.07) is 7.51. The molecule has 1 aliphatic carbocycles. The van der Waals surface area contributed by atoms with Gasteiger partial charge in [-0.1, -0.05) is 36.5 Å². The molecule has 0 unspecified atom stereocenters. The van der Waals surface area contributed by atoms with E-state index in [1.165, 1.54) is 0 Å². The molecule has 0 saturated heterocycles. The van der Waals surface area contributed by atoms with Crippen molar-refractivity contribution in [2.75, 3.05) is 11.9 Å². The van der Waals surface area contributed by atoms with Crippen LogP contribution in [-0.2, 0) is 27.1 Å². The summed E-state index contributed by atoms with van der Waals surface area (Å²) in [7, 11) is 0. The van der Waals surface area contributed by atoms with Gasteiger partial charge in [0.25, 0.3) is 5.91 Å². The molecule has 0 spiro atoms. The van der Waals surface area contributed by atoms with Gasteiger partial charge in [0.05, 0.1) is 23.4 Å². The largest absolute Gasteiger partial charge is 0.462 e. The molecule has 0 fully saturated rings. The molecule has 1 aliphatic rings. The van der Waals surface area contributed by atoms with Crippen LogP contribution in [0, 0.1) is 6.92 Å². The van der Waals surface area contributed by atoms with Crippen molar-refractivity contribution in [3.8, 4) is 0 Å². The van der Waals surface area contributed by atoms with E-state index in [-0.39, 0.29) is 18.2 Å². The van der Waals surface area contributed by atoms with Crippen molar-refractivity contribution < 1.29 is 23.9 Å². The zero-order chi connectivity index (χ0) is 24.2. The van der Waals surface area contributed by atoms with Crippen molar-refractivity contribution in [3.05, 3.63) is 51.7 Å². The third kappa shape index (κ3) is 4.79. The maximum atomic E-state index is 13.4. The molecule has 2 aromatic heterocycles. The summed E-state index contributed by atoms with van der Waals surface area (Å²) in [6.45, 7) is 5.42. The quantitative estimate of drug-likeness (QED) is 0.490. The third-order valence-electron chi connectivity index (χ3n) is 5.77. The van der Waals surface area contributed by atoms with E-state index in [4.69, 9.17) is 14.5 Å². The molecular weight excluding hydrogens is 454 g/mol. The number of ether oxygens (including phenoxy) is 2. The molecule has 8 nitrogen and oxygen atoms in total. The van der Waals surface area contributed by atoms with E-state index >= 15 is 0 Å². The van der Waals surface area contributed by atoms with E-state index in [9.17, 15) is 14.4 Å². The SMILES string of the molecule is CCOC(=O)c1sc(NC(=O)[C@@H](CC)OC(=O)c2c3c(nc4ccccc24)CCCC3)nc1C. The van der Waals surface area contributed by atoms with Crippen LogP contribution >= 0.6 is 11.3 Å². The Bertz CT molecular complexity index is 1250. The second kappa shape index (κ2) is 10.3. The number of anilines is 1. The Hall–Kier alpha value is -3.33. The summed E-state index contributed by atoms with van der Waals surface area (Å²) in [5.41, 5.74) is 3.57. The lowest BCUT2D eigenvalue weighted by molar-refractivity contribution is -0.124. The van der Waals surface area contributed by atoms with E-state index in [2.05, 4.69) is 10.3 Å². The van der Waals surface area contributed by atoms with Gasteiger partial charge in [0.15, 0.2) is 11.2 Å². The Morgan fingerprint density at radius 3 is 2.62 bits per heavy atom. The van der Waals surface area contributed by atoms with Crippen LogP contribution < -0.4 is 5.32 Å². The highest BCUT2D eigenvalue weighted by molar-refractivity contribution is 7.17. The van der Waals surface area contributed by atoms with Gasteiger partial charge in [-0.2, -0.15) is 0 Å². The number of aryl methyl sites for hydroxylation is 2. The Morgan fingerprint density at radius 2 is 1.85 bits per heavy atom. The first-order valence-electron chi connectivity index (χ1n) is 11.5. The number of benzene rings is 1. The fraction of sp³-hybridized carbons (Fsp3) is 0.400. The van der Waals surface area contributed by atoms with E-state index in [0.29, 0.717) is 16.1 Å². The van der Waals surface area contributed by atoms with Gasteiger partial charge in [0.2, 0.25) is 0 Å². The molecule has 3 aromatic rings. The van der Waals surface area contributed by atoms with Gasteiger partial charge in [0, 0.05) is 11.1 Å². The maximum absolute atomic E-state index is 13.4. The first-order valence-corrected chi connectivity index (χ1v) is 12.3. The van der Waals surface area contributed by atoms with Crippen LogP contribution in [0.1, 0.15) is 70.1 Å². The topological polar surface area (TPSA) is 107 Å². The molecule has 1 N–H and O–H groups in total. The minimum Gasteiger partial charge on any atom is -0.462 e. The number of hydrogen-bond acceptors (Lipinski definition) is 8. The minimum absolute atomic E-state index is 0.249. The average molecular weight is 482 g/mol. The third-order valence-corrected chi connectivity index (χ3v) is 6.83. The summed E-state index contributed by atoms with van der Waals surface area (Å²) in [5, 5.41) is 3.67. The first-order chi connectivity index (χ1) is 16.4. The smallest absolute Gasteiger partial charge is 0.350 e. The first kappa shape index (κ1) is 23.8. The van der Waals surface area contributed by atoms with Crippen molar-refractivity contribution in [2.45, 2.75) is 59.0 Å². The molecule has 1 aromatic carbocycles.